The standard InChI is InChI=1S/C18H22ClN3O2/c1-20-13-14(19)12-17(20)18(23)22-9-3-8-21(10-11-22)15-4-6-16(24-2)7-5-15/h4-7,12-13H,3,8-11H2,1-2H3. The first-order valence-corrected chi connectivity index (χ1v) is 8.46. The van der Waals surface area contributed by atoms with Gasteiger partial charge in [0.15, 0.2) is 0 Å². The molecule has 24 heavy (non-hydrogen) atoms. The van der Waals surface area contributed by atoms with Crippen molar-refractivity contribution in [2.24, 2.45) is 7.05 Å². The van der Waals surface area contributed by atoms with Gasteiger partial charge in [-0.2, -0.15) is 0 Å². The molecule has 1 saturated heterocycles. The van der Waals surface area contributed by atoms with Crippen LogP contribution in [0.1, 0.15) is 16.9 Å². The maximum Gasteiger partial charge on any atom is 0.270 e. The maximum atomic E-state index is 12.7. The fourth-order valence-corrected chi connectivity index (χ4v) is 3.32. The number of anilines is 1. The number of rotatable bonds is 3. The fraction of sp³-hybridized carbons (Fsp3) is 0.389. The molecule has 1 aliphatic heterocycles. The number of methoxy groups -OCH3 is 1. The molecule has 1 aromatic heterocycles. The summed E-state index contributed by atoms with van der Waals surface area (Å²) in [7, 11) is 3.51. The summed E-state index contributed by atoms with van der Waals surface area (Å²) >= 11 is 6.00. The van der Waals surface area contributed by atoms with Gasteiger partial charge in [0.2, 0.25) is 0 Å². The van der Waals surface area contributed by atoms with Crippen molar-refractivity contribution in [3.05, 3.63) is 47.2 Å². The Balaban J connectivity index is 1.68. The van der Waals surface area contributed by atoms with Crippen LogP contribution < -0.4 is 9.64 Å². The predicted octanol–water partition coefficient (Wildman–Crippen LogP) is 3.04. The highest BCUT2D eigenvalue weighted by Crippen LogP contribution is 2.21. The molecule has 3 rings (SSSR count). The van der Waals surface area contributed by atoms with E-state index in [9.17, 15) is 4.79 Å². The van der Waals surface area contributed by atoms with Gasteiger partial charge in [-0.25, -0.2) is 0 Å². The lowest BCUT2D eigenvalue weighted by atomic mass is 10.2. The van der Waals surface area contributed by atoms with Gasteiger partial charge < -0.3 is 19.1 Å². The van der Waals surface area contributed by atoms with E-state index >= 15 is 0 Å². The molecule has 1 aromatic carbocycles. The molecule has 1 amide bonds. The number of carbonyl (C=O) groups excluding carboxylic acids is 1. The van der Waals surface area contributed by atoms with E-state index in [1.807, 2.05) is 24.1 Å². The molecule has 5 nitrogen and oxygen atoms in total. The van der Waals surface area contributed by atoms with E-state index in [0.29, 0.717) is 17.3 Å². The Labute approximate surface area is 147 Å². The van der Waals surface area contributed by atoms with E-state index in [0.717, 1.165) is 37.5 Å². The highest BCUT2D eigenvalue weighted by Gasteiger charge is 2.22. The lowest BCUT2D eigenvalue weighted by Crippen LogP contribution is -2.36. The number of benzene rings is 1. The van der Waals surface area contributed by atoms with Gasteiger partial charge >= 0.3 is 0 Å². The average molecular weight is 348 g/mol. The molecule has 0 unspecified atom stereocenters. The second-order valence-corrected chi connectivity index (χ2v) is 6.42. The van der Waals surface area contributed by atoms with E-state index in [-0.39, 0.29) is 5.91 Å². The summed E-state index contributed by atoms with van der Waals surface area (Å²) in [5.41, 5.74) is 1.80. The van der Waals surface area contributed by atoms with Crippen LogP contribution in [0, 0.1) is 0 Å². The molecule has 0 N–H and O–H groups in total. The number of amides is 1. The van der Waals surface area contributed by atoms with Crippen LogP contribution in [0.25, 0.3) is 0 Å². The van der Waals surface area contributed by atoms with Crippen LogP contribution in [-0.4, -0.2) is 48.7 Å². The zero-order valence-electron chi connectivity index (χ0n) is 14.0. The highest BCUT2D eigenvalue weighted by atomic mass is 35.5. The summed E-state index contributed by atoms with van der Waals surface area (Å²) in [6.45, 7) is 3.21. The third-order valence-corrected chi connectivity index (χ3v) is 4.62. The predicted molar refractivity (Wildman–Crippen MR) is 96.2 cm³/mol. The first kappa shape index (κ1) is 16.7. The summed E-state index contributed by atoms with van der Waals surface area (Å²) in [5.74, 6) is 0.895. The minimum atomic E-state index is 0.0426. The Bertz CT molecular complexity index is 712. The summed E-state index contributed by atoms with van der Waals surface area (Å²) in [6, 6.07) is 9.79. The lowest BCUT2D eigenvalue weighted by molar-refractivity contribution is 0.0757. The number of hydrogen-bond donors (Lipinski definition) is 0. The molecule has 0 spiro atoms. The number of carbonyl (C=O) groups is 1. The van der Waals surface area contributed by atoms with Gasteiger partial charge in [0.05, 0.1) is 12.1 Å². The molecule has 6 heteroatoms. The average Bonchev–Trinajstić information content (AvgIpc) is 2.79. The number of aromatic nitrogens is 1. The Morgan fingerprint density at radius 2 is 1.88 bits per heavy atom. The SMILES string of the molecule is COc1ccc(N2CCCN(C(=O)c3cc(Cl)cn3C)CC2)cc1. The van der Waals surface area contributed by atoms with Gasteiger partial charge in [0.25, 0.3) is 5.91 Å². The number of aryl methyl sites for hydroxylation is 1. The first-order chi connectivity index (χ1) is 11.6. The Morgan fingerprint density at radius 1 is 1.12 bits per heavy atom. The van der Waals surface area contributed by atoms with Crippen molar-refractivity contribution in [1.82, 2.24) is 9.47 Å². The molecule has 0 saturated carbocycles. The quantitative estimate of drug-likeness (QED) is 0.856. The van der Waals surface area contributed by atoms with Crippen LogP contribution in [0.4, 0.5) is 5.69 Å². The summed E-state index contributed by atoms with van der Waals surface area (Å²) < 4.78 is 7.00. The second kappa shape index (κ2) is 7.18. The van der Waals surface area contributed by atoms with Crippen LogP contribution in [-0.2, 0) is 7.05 Å². The van der Waals surface area contributed by atoms with Gasteiger partial charge in [0.1, 0.15) is 11.4 Å². The zero-order chi connectivity index (χ0) is 17.1. The highest BCUT2D eigenvalue weighted by molar-refractivity contribution is 6.31. The molecule has 0 aliphatic carbocycles. The molecule has 1 aliphatic rings. The van der Waals surface area contributed by atoms with E-state index in [2.05, 4.69) is 17.0 Å². The molecular formula is C18H22ClN3O2. The van der Waals surface area contributed by atoms with Crippen molar-refractivity contribution in [2.75, 3.05) is 38.2 Å². The van der Waals surface area contributed by atoms with Crippen LogP contribution in [0.2, 0.25) is 5.02 Å². The molecule has 128 valence electrons. The first-order valence-electron chi connectivity index (χ1n) is 8.08. The number of ether oxygens (including phenoxy) is 1. The fourth-order valence-electron chi connectivity index (χ4n) is 3.07. The van der Waals surface area contributed by atoms with Crippen LogP contribution in [0.15, 0.2) is 36.5 Å². The number of hydrogen-bond acceptors (Lipinski definition) is 3. The zero-order valence-corrected chi connectivity index (χ0v) is 14.8. The van der Waals surface area contributed by atoms with Gasteiger partial charge in [-0.1, -0.05) is 11.6 Å². The third kappa shape index (κ3) is 3.51. The van der Waals surface area contributed by atoms with Crippen LogP contribution in [0.5, 0.6) is 5.75 Å². The van der Waals surface area contributed by atoms with Crippen molar-refractivity contribution in [1.29, 1.82) is 0 Å². The monoisotopic (exact) mass is 347 g/mol. The molecular weight excluding hydrogens is 326 g/mol. The number of halogens is 1. The third-order valence-electron chi connectivity index (χ3n) is 4.41. The normalized spacial score (nSPS) is 15.3. The molecule has 2 heterocycles. The van der Waals surface area contributed by atoms with Crippen molar-refractivity contribution in [2.45, 2.75) is 6.42 Å². The van der Waals surface area contributed by atoms with Gasteiger partial charge in [0, 0.05) is 45.1 Å². The van der Waals surface area contributed by atoms with E-state index in [1.165, 1.54) is 0 Å². The van der Waals surface area contributed by atoms with E-state index in [4.69, 9.17) is 16.3 Å². The summed E-state index contributed by atoms with van der Waals surface area (Å²) in [6.07, 6.45) is 2.70. The Kier molecular flexibility index (Phi) is 5.00. The minimum absolute atomic E-state index is 0.0426. The topological polar surface area (TPSA) is 37.7 Å². The second-order valence-electron chi connectivity index (χ2n) is 5.99. The largest absolute Gasteiger partial charge is 0.497 e. The van der Waals surface area contributed by atoms with E-state index < -0.39 is 0 Å². The lowest BCUT2D eigenvalue weighted by Gasteiger charge is -2.24. The summed E-state index contributed by atoms with van der Waals surface area (Å²) in [5, 5.41) is 0.593. The van der Waals surface area contributed by atoms with Crippen molar-refractivity contribution in [3.63, 3.8) is 0 Å². The molecule has 2 aromatic rings. The Morgan fingerprint density at radius 3 is 2.50 bits per heavy atom. The summed E-state index contributed by atoms with van der Waals surface area (Å²) in [4.78, 5) is 16.9. The minimum Gasteiger partial charge on any atom is -0.497 e. The molecule has 0 bridgehead atoms. The van der Waals surface area contributed by atoms with E-state index in [1.54, 1.807) is 23.9 Å². The van der Waals surface area contributed by atoms with Crippen molar-refractivity contribution in [3.8, 4) is 5.75 Å². The molecule has 1 fully saturated rings. The Hall–Kier alpha value is -2.14. The van der Waals surface area contributed by atoms with Crippen LogP contribution in [0.3, 0.4) is 0 Å². The van der Waals surface area contributed by atoms with Gasteiger partial charge in [-0.05, 0) is 36.8 Å². The number of nitrogens with zero attached hydrogens (tertiary/aromatic N) is 3. The maximum absolute atomic E-state index is 12.7. The smallest absolute Gasteiger partial charge is 0.270 e. The molecule has 0 radical (unpaired) electrons. The van der Waals surface area contributed by atoms with Gasteiger partial charge in [-0.3, -0.25) is 4.79 Å². The van der Waals surface area contributed by atoms with Crippen LogP contribution >= 0.6 is 11.6 Å². The van der Waals surface area contributed by atoms with Crippen molar-refractivity contribution < 1.29 is 9.53 Å². The van der Waals surface area contributed by atoms with Crippen molar-refractivity contribution >= 4 is 23.2 Å². The molecule has 0 atom stereocenters. The van der Waals surface area contributed by atoms with Gasteiger partial charge in [-0.15, -0.1) is 0 Å².